The van der Waals surface area contributed by atoms with E-state index in [2.05, 4.69) is 37.2 Å². The fourth-order valence-corrected chi connectivity index (χ4v) is 4.24. The number of barbiturate groups is 1. The molecule has 0 aromatic heterocycles. The molecule has 1 aliphatic heterocycles. The first-order valence-electron chi connectivity index (χ1n) is 8.49. The maximum Gasteiger partial charge on any atom is 0.341 e. The Kier molecular flexibility index (Phi) is 6.37. The van der Waals surface area contributed by atoms with Gasteiger partial charge in [-0.3, -0.25) is 14.9 Å². The van der Waals surface area contributed by atoms with Gasteiger partial charge in [0, 0.05) is 0 Å². The van der Waals surface area contributed by atoms with Gasteiger partial charge in [-0.2, -0.15) is 0 Å². The molecule has 8 nitrogen and oxygen atoms in total. The number of nitrogens with one attached hydrogen (secondary N) is 1. The standard InChI is InChI=1S/C20H14Br2N2O6/c1-10-4-2-3-5-15(10)24-19(28)12(18(27)23-20(24)29)6-11-7-13(21)17(14(22)8-11)30-9-16(25)26/h2-8H,9H2,1H3,(H,25,26)(H,23,27,29)/b12-6+. The zero-order valence-electron chi connectivity index (χ0n) is 15.4. The van der Waals surface area contributed by atoms with Gasteiger partial charge in [0.05, 0.1) is 14.6 Å². The number of nitrogens with zero attached hydrogens (tertiary/aromatic N) is 1. The van der Waals surface area contributed by atoms with Gasteiger partial charge in [-0.05, 0) is 74.2 Å². The fraction of sp³-hybridized carbons (Fsp3) is 0.100. The number of hydrogen-bond donors (Lipinski definition) is 2. The van der Waals surface area contributed by atoms with Gasteiger partial charge in [0.15, 0.2) is 6.61 Å². The molecule has 1 fully saturated rings. The Labute approximate surface area is 187 Å². The molecule has 3 rings (SSSR count). The molecule has 2 N–H and O–H groups in total. The van der Waals surface area contributed by atoms with Gasteiger partial charge >= 0.3 is 12.0 Å². The zero-order valence-corrected chi connectivity index (χ0v) is 18.6. The van der Waals surface area contributed by atoms with Gasteiger partial charge in [-0.1, -0.05) is 18.2 Å². The van der Waals surface area contributed by atoms with Crippen LogP contribution in [-0.4, -0.2) is 35.5 Å². The first-order valence-corrected chi connectivity index (χ1v) is 10.1. The number of anilines is 1. The number of carboxylic acids is 1. The topological polar surface area (TPSA) is 113 Å². The third kappa shape index (κ3) is 4.44. The van der Waals surface area contributed by atoms with E-state index in [4.69, 9.17) is 9.84 Å². The van der Waals surface area contributed by atoms with Gasteiger partial charge in [-0.25, -0.2) is 14.5 Å². The van der Waals surface area contributed by atoms with Gasteiger partial charge in [-0.15, -0.1) is 0 Å². The highest BCUT2D eigenvalue weighted by Gasteiger charge is 2.37. The van der Waals surface area contributed by atoms with Crippen molar-refractivity contribution >= 4 is 67.4 Å². The van der Waals surface area contributed by atoms with Crippen LogP contribution < -0.4 is 15.0 Å². The summed E-state index contributed by atoms with van der Waals surface area (Å²) in [6, 6.07) is 9.12. The molecule has 2 aromatic carbocycles. The second-order valence-corrected chi connectivity index (χ2v) is 7.95. The Bertz CT molecular complexity index is 1090. The number of para-hydroxylation sites is 1. The molecule has 1 heterocycles. The Balaban J connectivity index is 1.99. The van der Waals surface area contributed by atoms with Crippen molar-refractivity contribution < 1.29 is 29.0 Å². The SMILES string of the molecule is Cc1ccccc1N1C(=O)NC(=O)/C(=C\c2cc(Br)c(OCC(=O)O)c(Br)c2)C1=O. The van der Waals surface area contributed by atoms with Crippen LogP contribution in [0.25, 0.3) is 6.08 Å². The maximum atomic E-state index is 13.0. The van der Waals surface area contributed by atoms with Crippen molar-refractivity contribution in [1.82, 2.24) is 5.32 Å². The van der Waals surface area contributed by atoms with Crippen molar-refractivity contribution in [1.29, 1.82) is 0 Å². The van der Waals surface area contributed by atoms with Gasteiger partial charge < -0.3 is 9.84 Å². The molecule has 0 atom stereocenters. The lowest BCUT2D eigenvalue weighted by atomic mass is 10.1. The normalized spacial score (nSPS) is 15.4. The van der Waals surface area contributed by atoms with Crippen molar-refractivity contribution in [2.75, 3.05) is 11.5 Å². The Morgan fingerprint density at radius 1 is 1.17 bits per heavy atom. The number of aliphatic carboxylic acids is 1. The lowest BCUT2D eigenvalue weighted by Crippen LogP contribution is -2.54. The van der Waals surface area contributed by atoms with Crippen LogP contribution in [0.4, 0.5) is 10.5 Å². The monoisotopic (exact) mass is 536 g/mol. The summed E-state index contributed by atoms with van der Waals surface area (Å²) in [6.45, 7) is 1.21. The van der Waals surface area contributed by atoms with Crippen LogP contribution in [0.1, 0.15) is 11.1 Å². The average molecular weight is 538 g/mol. The summed E-state index contributed by atoms with van der Waals surface area (Å²) in [4.78, 5) is 49.3. The third-order valence-electron chi connectivity index (χ3n) is 4.13. The number of carbonyl (C=O) groups excluding carboxylic acids is 3. The molecule has 154 valence electrons. The van der Waals surface area contributed by atoms with E-state index in [-0.39, 0.29) is 11.3 Å². The first-order chi connectivity index (χ1) is 14.2. The van der Waals surface area contributed by atoms with E-state index in [1.807, 2.05) is 0 Å². The maximum absolute atomic E-state index is 13.0. The summed E-state index contributed by atoms with van der Waals surface area (Å²) in [5.41, 5.74) is 1.29. The number of halogens is 2. The Hall–Kier alpha value is -2.98. The predicted molar refractivity (Wildman–Crippen MR) is 115 cm³/mol. The largest absolute Gasteiger partial charge is 0.480 e. The van der Waals surface area contributed by atoms with Crippen molar-refractivity contribution in [2.24, 2.45) is 0 Å². The van der Waals surface area contributed by atoms with Crippen LogP contribution in [0, 0.1) is 6.92 Å². The van der Waals surface area contributed by atoms with Crippen molar-refractivity contribution in [3.05, 3.63) is 62.0 Å². The number of carboxylic acid groups (broad SMARTS) is 1. The summed E-state index contributed by atoms with van der Waals surface area (Å²) in [5.74, 6) is -2.44. The molecule has 10 heteroatoms. The number of ether oxygens (including phenoxy) is 1. The molecular formula is C20H14Br2N2O6. The summed E-state index contributed by atoms with van der Waals surface area (Å²) in [5, 5.41) is 10.9. The number of hydrogen-bond acceptors (Lipinski definition) is 5. The minimum absolute atomic E-state index is 0.226. The molecule has 4 amide bonds. The van der Waals surface area contributed by atoms with Crippen LogP contribution >= 0.6 is 31.9 Å². The number of carbonyl (C=O) groups is 4. The van der Waals surface area contributed by atoms with Crippen molar-refractivity contribution in [3.63, 3.8) is 0 Å². The highest BCUT2D eigenvalue weighted by molar-refractivity contribution is 9.11. The van der Waals surface area contributed by atoms with E-state index in [1.54, 1.807) is 43.3 Å². The van der Waals surface area contributed by atoms with Crippen molar-refractivity contribution in [2.45, 2.75) is 6.92 Å². The molecule has 2 aromatic rings. The molecule has 1 aliphatic rings. The highest BCUT2D eigenvalue weighted by Crippen LogP contribution is 2.36. The number of urea groups is 1. The molecule has 1 saturated heterocycles. The number of rotatable bonds is 5. The van der Waals surface area contributed by atoms with Crippen LogP contribution in [0.3, 0.4) is 0 Å². The second-order valence-electron chi connectivity index (χ2n) is 6.24. The molecule has 30 heavy (non-hydrogen) atoms. The molecule has 0 aliphatic carbocycles. The third-order valence-corrected chi connectivity index (χ3v) is 5.31. The van der Waals surface area contributed by atoms with E-state index in [0.29, 0.717) is 25.8 Å². The predicted octanol–water partition coefficient (Wildman–Crippen LogP) is 3.65. The van der Waals surface area contributed by atoms with Crippen LogP contribution in [-0.2, 0) is 14.4 Å². The van der Waals surface area contributed by atoms with Crippen LogP contribution in [0.5, 0.6) is 5.75 Å². The summed E-state index contributed by atoms with van der Waals surface area (Å²) < 4.78 is 6.04. The van der Waals surface area contributed by atoms with Crippen LogP contribution in [0.15, 0.2) is 50.9 Å². The summed E-state index contributed by atoms with van der Waals surface area (Å²) in [7, 11) is 0. The highest BCUT2D eigenvalue weighted by atomic mass is 79.9. The van der Waals surface area contributed by atoms with E-state index in [9.17, 15) is 19.2 Å². The van der Waals surface area contributed by atoms with Crippen molar-refractivity contribution in [3.8, 4) is 5.75 Å². The summed E-state index contributed by atoms with van der Waals surface area (Å²) >= 11 is 6.57. The lowest BCUT2D eigenvalue weighted by molar-refractivity contribution is -0.139. The van der Waals surface area contributed by atoms with E-state index in [0.717, 1.165) is 4.90 Å². The molecule has 0 spiro atoms. The molecule has 0 radical (unpaired) electrons. The molecule has 0 saturated carbocycles. The van der Waals surface area contributed by atoms with E-state index < -0.39 is 30.4 Å². The smallest absolute Gasteiger partial charge is 0.341 e. The van der Waals surface area contributed by atoms with E-state index >= 15 is 0 Å². The average Bonchev–Trinajstić information content (AvgIpc) is 2.65. The van der Waals surface area contributed by atoms with Gasteiger partial charge in [0.2, 0.25) is 0 Å². The van der Waals surface area contributed by atoms with E-state index in [1.165, 1.54) is 6.08 Å². The Morgan fingerprint density at radius 3 is 2.40 bits per heavy atom. The van der Waals surface area contributed by atoms with Gasteiger partial charge in [0.25, 0.3) is 11.8 Å². The lowest BCUT2D eigenvalue weighted by Gasteiger charge is -2.27. The minimum Gasteiger partial charge on any atom is -0.480 e. The number of amides is 4. The van der Waals surface area contributed by atoms with Crippen LogP contribution in [0.2, 0.25) is 0 Å². The quantitative estimate of drug-likeness (QED) is 0.444. The second kappa shape index (κ2) is 8.80. The first kappa shape index (κ1) is 21.7. The number of imide groups is 2. The number of aryl methyl sites for hydroxylation is 1. The Morgan fingerprint density at radius 2 is 1.80 bits per heavy atom. The molecular weight excluding hydrogens is 524 g/mol. The molecule has 0 unspecified atom stereocenters. The minimum atomic E-state index is -1.13. The molecule has 0 bridgehead atoms. The fourth-order valence-electron chi connectivity index (χ4n) is 2.79. The number of benzene rings is 2. The summed E-state index contributed by atoms with van der Waals surface area (Å²) in [6.07, 6.45) is 1.34. The zero-order chi connectivity index (χ0) is 22.0. The van der Waals surface area contributed by atoms with Gasteiger partial charge in [0.1, 0.15) is 11.3 Å².